The SMILES string of the molecule is COc1ccc(C(=O)NC2CCN(C(=O)N3CC4CC(C3)[C@H]3CCCC(=O)N3C4)CC2)c(OC)c1. The Morgan fingerprint density at radius 3 is 2.54 bits per heavy atom. The van der Waals surface area contributed by atoms with Gasteiger partial charge in [-0.25, -0.2) is 4.79 Å². The van der Waals surface area contributed by atoms with E-state index in [1.54, 1.807) is 25.3 Å². The summed E-state index contributed by atoms with van der Waals surface area (Å²) < 4.78 is 10.6. The summed E-state index contributed by atoms with van der Waals surface area (Å²) in [7, 11) is 3.11. The fourth-order valence-corrected chi connectivity index (χ4v) is 6.43. The van der Waals surface area contributed by atoms with E-state index in [1.165, 1.54) is 7.11 Å². The number of carbonyl (C=O) groups excluding carboxylic acids is 3. The smallest absolute Gasteiger partial charge is 0.320 e. The molecule has 1 aromatic carbocycles. The number of nitrogens with zero attached hydrogens (tertiary/aromatic N) is 3. The molecule has 1 N–H and O–H groups in total. The first kappa shape index (κ1) is 23.8. The lowest BCUT2D eigenvalue weighted by molar-refractivity contribution is -0.144. The van der Waals surface area contributed by atoms with E-state index in [1.807, 2.05) is 9.80 Å². The van der Waals surface area contributed by atoms with Crippen molar-refractivity contribution >= 4 is 17.8 Å². The number of fused-ring (bicyclic) bond motifs is 4. The van der Waals surface area contributed by atoms with Gasteiger partial charge in [-0.2, -0.15) is 0 Å². The van der Waals surface area contributed by atoms with Crippen LogP contribution in [-0.2, 0) is 4.79 Å². The molecule has 0 spiro atoms. The predicted octanol–water partition coefficient (Wildman–Crippen LogP) is 2.35. The van der Waals surface area contributed by atoms with Crippen LogP contribution in [-0.4, -0.2) is 91.6 Å². The lowest BCUT2D eigenvalue weighted by atomic mass is 9.76. The van der Waals surface area contributed by atoms with E-state index in [9.17, 15) is 14.4 Å². The highest BCUT2D eigenvalue weighted by atomic mass is 16.5. The molecule has 2 unspecified atom stereocenters. The Labute approximate surface area is 206 Å². The fraction of sp³-hybridized carbons (Fsp3) is 0.654. The number of nitrogens with one attached hydrogen (secondary N) is 1. The Kier molecular flexibility index (Phi) is 6.75. The van der Waals surface area contributed by atoms with Gasteiger partial charge in [0.1, 0.15) is 11.5 Å². The van der Waals surface area contributed by atoms with E-state index in [-0.39, 0.29) is 18.0 Å². The first-order valence-corrected chi connectivity index (χ1v) is 12.8. The van der Waals surface area contributed by atoms with Crippen molar-refractivity contribution in [2.45, 2.75) is 50.6 Å². The van der Waals surface area contributed by atoms with E-state index < -0.39 is 0 Å². The number of carbonyl (C=O) groups is 3. The van der Waals surface area contributed by atoms with E-state index in [2.05, 4.69) is 10.2 Å². The number of hydrogen-bond donors (Lipinski definition) is 1. The molecule has 5 rings (SSSR count). The summed E-state index contributed by atoms with van der Waals surface area (Å²) in [5.74, 6) is 2.01. The van der Waals surface area contributed by atoms with Gasteiger partial charge in [0, 0.05) is 57.3 Å². The molecule has 0 radical (unpaired) electrons. The molecule has 9 heteroatoms. The maximum absolute atomic E-state index is 13.4. The number of urea groups is 1. The molecule has 4 saturated heterocycles. The summed E-state index contributed by atoms with van der Waals surface area (Å²) in [4.78, 5) is 44.7. The maximum Gasteiger partial charge on any atom is 0.320 e. The number of amides is 4. The van der Waals surface area contributed by atoms with E-state index in [4.69, 9.17) is 9.47 Å². The Morgan fingerprint density at radius 1 is 1.00 bits per heavy atom. The van der Waals surface area contributed by atoms with Crippen LogP contribution in [0.2, 0.25) is 0 Å². The number of methoxy groups -OCH3 is 2. The number of ether oxygens (including phenoxy) is 2. The van der Waals surface area contributed by atoms with Crippen molar-refractivity contribution in [1.82, 2.24) is 20.0 Å². The van der Waals surface area contributed by atoms with Gasteiger partial charge in [0.05, 0.1) is 19.8 Å². The van der Waals surface area contributed by atoms with Crippen LogP contribution in [0.25, 0.3) is 0 Å². The minimum absolute atomic E-state index is 0.0147. The third-order valence-corrected chi connectivity index (χ3v) is 8.20. The van der Waals surface area contributed by atoms with Crippen molar-refractivity contribution in [1.29, 1.82) is 0 Å². The Hall–Kier alpha value is -2.97. The van der Waals surface area contributed by atoms with Gasteiger partial charge in [-0.3, -0.25) is 9.59 Å². The number of piperidine rings is 4. The molecule has 1 aromatic rings. The van der Waals surface area contributed by atoms with Crippen molar-refractivity contribution in [2.75, 3.05) is 46.9 Å². The standard InChI is InChI=1S/C26H36N4O5/c1-34-20-6-7-21(23(13-20)35-2)25(32)27-19-8-10-28(11-9-19)26(33)29-14-17-12-18(16-29)22-4-3-5-24(31)30(22)15-17/h6-7,13,17-19,22H,3-5,8-12,14-16H2,1-2H3,(H,27,32)/t17?,18?,22-/m1/s1. The van der Waals surface area contributed by atoms with Gasteiger partial charge in [-0.05, 0) is 56.1 Å². The number of benzene rings is 1. The molecule has 0 saturated carbocycles. The lowest BCUT2D eigenvalue weighted by Gasteiger charge is -2.53. The van der Waals surface area contributed by atoms with Crippen LogP contribution >= 0.6 is 0 Å². The molecule has 4 aliphatic rings. The Balaban J connectivity index is 1.14. The second-order valence-corrected chi connectivity index (χ2v) is 10.4. The van der Waals surface area contributed by atoms with Gasteiger partial charge in [0.15, 0.2) is 0 Å². The fourth-order valence-electron chi connectivity index (χ4n) is 6.43. The van der Waals surface area contributed by atoms with Crippen molar-refractivity contribution < 1.29 is 23.9 Å². The molecule has 4 heterocycles. The summed E-state index contributed by atoms with van der Waals surface area (Å²) >= 11 is 0. The zero-order chi connectivity index (χ0) is 24.5. The van der Waals surface area contributed by atoms with Gasteiger partial charge < -0.3 is 29.5 Å². The van der Waals surface area contributed by atoms with Crippen molar-refractivity contribution in [2.24, 2.45) is 11.8 Å². The highest BCUT2D eigenvalue weighted by Gasteiger charge is 2.45. The summed E-state index contributed by atoms with van der Waals surface area (Å²) in [6, 6.07) is 5.58. The van der Waals surface area contributed by atoms with Crippen LogP contribution in [0.15, 0.2) is 18.2 Å². The van der Waals surface area contributed by atoms with Crippen molar-refractivity contribution in [3.05, 3.63) is 23.8 Å². The van der Waals surface area contributed by atoms with Crippen molar-refractivity contribution in [3.8, 4) is 11.5 Å². The van der Waals surface area contributed by atoms with Crippen LogP contribution in [0.4, 0.5) is 4.79 Å². The quantitative estimate of drug-likeness (QED) is 0.709. The Morgan fingerprint density at radius 2 is 1.80 bits per heavy atom. The molecule has 0 aromatic heterocycles. The van der Waals surface area contributed by atoms with Crippen LogP contribution in [0, 0.1) is 11.8 Å². The van der Waals surface area contributed by atoms with Gasteiger partial charge in [0.25, 0.3) is 5.91 Å². The first-order chi connectivity index (χ1) is 17.0. The topological polar surface area (TPSA) is 91.4 Å². The van der Waals surface area contributed by atoms with E-state index >= 15 is 0 Å². The molecule has 0 aliphatic carbocycles. The molecular formula is C26H36N4O5. The van der Waals surface area contributed by atoms with Crippen LogP contribution in [0.1, 0.15) is 48.9 Å². The second kappa shape index (κ2) is 9.95. The van der Waals surface area contributed by atoms with Crippen LogP contribution < -0.4 is 14.8 Å². The highest BCUT2D eigenvalue weighted by molar-refractivity contribution is 5.97. The zero-order valence-electron chi connectivity index (χ0n) is 20.7. The zero-order valence-corrected chi connectivity index (χ0v) is 20.7. The molecule has 190 valence electrons. The first-order valence-electron chi connectivity index (χ1n) is 12.8. The van der Waals surface area contributed by atoms with E-state index in [0.29, 0.717) is 60.4 Å². The Bertz CT molecular complexity index is 976. The summed E-state index contributed by atoms with van der Waals surface area (Å²) in [6.07, 6.45) is 5.28. The number of hydrogen-bond acceptors (Lipinski definition) is 5. The summed E-state index contributed by atoms with van der Waals surface area (Å²) in [6.45, 7) is 3.54. The minimum Gasteiger partial charge on any atom is -0.497 e. The van der Waals surface area contributed by atoms with Gasteiger partial charge in [0.2, 0.25) is 5.91 Å². The molecular weight excluding hydrogens is 448 g/mol. The van der Waals surface area contributed by atoms with Crippen LogP contribution in [0.5, 0.6) is 11.5 Å². The van der Waals surface area contributed by atoms with Crippen LogP contribution in [0.3, 0.4) is 0 Å². The molecule has 2 bridgehead atoms. The summed E-state index contributed by atoms with van der Waals surface area (Å²) in [5.41, 5.74) is 0.474. The van der Waals surface area contributed by atoms with Gasteiger partial charge >= 0.3 is 6.03 Å². The monoisotopic (exact) mass is 484 g/mol. The highest BCUT2D eigenvalue weighted by Crippen LogP contribution is 2.38. The normalized spacial score (nSPS) is 26.7. The van der Waals surface area contributed by atoms with E-state index in [0.717, 1.165) is 51.7 Å². The molecule has 9 nitrogen and oxygen atoms in total. The average Bonchev–Trinajstić information content (AvgIpc) is 2.88. The molecule has 4 amide bonds. The minimum atomic E-state index is -0.176. The maximum atomic E-state index is 13.4. The van der Waals surface area contributed by atoms with Crippen molar-refractivity contribution in [3.63, 3.8) is 0 Å². The predicted molar refractivity (Wildman–Crippen MR) is 130 cm³/mol. The van der Waals surface area contributed by atoms with Gasteiger partial charge in [-0.15, -0.1) is 0 Å². The molecule has 35 heavy (non-hydrogen) atoms. The molecule has 4 fully saturated rings. The lowest BCUT2D eigenvalue weighted by Crippen LogP contribution is -2.62. The third-order valence-electron chi connectivity index (χ3n) is 8.20. The largest absolute Gasteiger partial charge is 0.497 e. The molecule has 3 atom stereocenters. The third kappa shape index (κ3) is 4.77. The second-order valence-electron chi connectivity index (χ2n) is 10.4. The summed E-state index contributed by atoms with van der Waals surface area (Å²) in [5, 5.41) is 3.11. The number of rotatable bonds is 4. The molecule has 4 aliphatic heterocycles. The van der Waals surface area contributed by atoms with Gasteiger partial charge in [-0.1, -0.05) is 0 Å². The average molecular weight is 485 g/mol. The number of likely N-dealkylation sites (tertiary alicyclic amines) is 2.